The molecule has 132 valence electrons. The van der Waals surface area contributed by atoms with Crippen LogP contribution in [0.25, 0.3) is 0 Å². The van der Waals surface area contributed by atoms with Crippen LogP contribution in [-0.4, -0.2) is 60.2 Å². The lowest BCUT2D eigenvalue weighted by Crippen LogP contribution is -2.51. The fraction of sp³-hybridized carbons (Fsp3) is 0.632. The number of benzene rings is 1. The van der Waals surface area contributed by atoms with Gasteiger partial charge in [0.2, 0.25) is 0 Å². The van der Waals surface area contributed by atoms with Crippen molar-refractivity contribution in [1.29, 1.82) is 0 Å². The summed E-state index contributed by atoms with van der Waals surface area (Å²) < 4.78 is 5.57. The molecule has 0 aliphatic carbocycles. The maximum absolute atomic E-state index is 6.23. The third-order valence-corrected chi connectivity index (χ3v) is 5.18. The minimum Gasteiger partial charge on any atom is -0.375 e. The number of rotatable bonds is 3. The molecule has 1 aromatic carbocycles. The third kappa shape index (κ3) is 3.90. The van der Waals surface area contributed by atoms with E-state index >= 15 is 0 Å². The molecule has 5 heteroatoms. The van der Waals surface area contributed by atoms with E-state index in [2.05, 4.69) is 54.8 Å². The van der Waals surface area contributed by atoms with Gasteiger partial charge in [-0.05, 0) is 38.3 Å². The van der Waals surface area contributed by atoms with Crippen molar-refractivity contribution in [2.75, 3.05) is 32.8 Å². The quantitative estimate of drug-likeness (QED) is 0.679. The number of ether oxygens (including phenoxy) is 1. The number of fused-ring (bicyclic) bond motifs is 1. The number of guanidine groups is 1. The Morgan fingerprint density at radius 2 is 2.04 bits per heavy atom. The van der Waals surface area contributed by atoms with Crippen molar-refractivity contribution in [2.24, 2.45) is 10.7 Å². The largest absolute Gasteiger partial charge is 0.375 e. The summed E-state index contributed by atoms with van der Waals surface area (Å²) in [7, 11) is 0. The van der Waals surface area contributed by atoms with Gasteiger partial charge in [-0.1, -0.05) is 24.3 Å². The zero-order chi connectivity index (χ0) is 17.2. The van der Waals surface area contributed by atoms with E-state index in [4.69, 9.17) is 15.5 Å². The predicted molar refractivity (Wildman–Crippen MR) is 98.1 cm³/mol. The first kappa shape index (κ1) is 17.2. The van der Waals surface area contributed by atoms with E-state index < -0.39 is 0 Å². The van der Waals surface area contributed by atoms with Crippen LogP contribution in [0.1, 0.15) is 31.9 Å². The Morgan fingerprint density at radius 3 is 2.79 bits per heavy atom. The average Bonchev–Trinajstić information content (AvgIpc) is 2.59. The maximum Gasteiger partial charge on any atom is 0.191 e. The van der Waals surface area contributed by atoms with Crippen molar-refractivity contribution >= 4 is 5.96 Å². The second kappa shape index (κ2) is 7.11. The van der Waals surface area contributed by atoms with E-state index in [9.17, 15) is 0 Å². The molecular formula is C19H30N4O. The van der Waals surface area contributed by atoms with Crippen LogP contribution in [0.15, 0.2) is 29.3 Å². The SMILES string of the molecule is CC1CN(C(N)=NCC(C)(C)N2CCc3ccccc3C2)CCO1. The zero-order valence-corrected chi connectivity index (χ0v) is 15.2. The first-order valence-electron chi connectivity index (χ1n) is 8.94. The Kier molecular flexibility index (Phi) is 5.11. The minimum absolute atomic E-state index is 0.00391. The number of nitrogens with two attached hydrogens (primary N) is 1. The molecule has 0 radical (unpaired) electrons. The molecule has 1 atom stereocenters. The molecule has 0 bridgehead atoms. The molecule has 2 aliphatic rings. The fourth-order valence-corrected chi connectivity index (χ4v) is 3.51. The zero-order valence-electron chi connectivity index (χ0n) is 15.2. The lowest BCUT2D eigenvalue weighted by Gasteiger charge is -2.41. The van der Waals surface area contributed by atoms with Crippen LogP contribution >= 0.6 is 0 Å². The molecular weight excluding hydrogens is 300 g/mol. The van der Waals surface area contributed by atoms with E-state index in [0.29, 0.717) is 12.5 Å². The first-order valence-corrected chi connectivity index (χ1v) is 8.94. The summed E-state index contributed by atoms with van der Waals surface area (Å²) in [6.07, 6.45) is 1.33. The van der Waals surface area contributed by atoms with Crippen molar-refractivity contribution in [3.63, 3.8) is 0 Å². The molecule has 3 rings (SSSR count). The first-order chi connectivity index (χ1) is 11.5. The van der Waals surface area contributed by atoms with Gasteiger partial charge in [0.1, 0.15) is 0 Å². The van der Waals surface area contributed by atoms with Gasteiger partial charge in [0.15, 0.2) is 5.96 Å². The number of aliphatic imine (C=N–C) groups is 1. The molecule has 1 fully saturated rings. The van der Waals surface area contributed by atoms with E-state index in [1.807, 2.05) is 0 Å². The van der Waals surface area contributed by atoms with Gasteiger partial charge in [0, 0.05) is 31.7 Å². The Labute approximate surface area is 145 Å². The van der Waals surface area contributed by atoms with Crippen LogP contribution < -0.4 is 5.73 Å². The second-order valence-corrected chi connectivity index (χ2v) is 7.55. The number of nitrogens with zero attached hydrogens (tertiary/aromatic N) is 3. The highest BCUT2D eigenvalue weighted by molar-refractivity contribution is 5.78. The van der Waals surface area contributed by atoms with Crippen molar-refractivity contribution in [3.8, 4) is 0 Å². The van der Waals surface area contributed by atoms with Gasteiger partial charge in [-0.15, -0.1) is 0 Å². The summed E-state index contributed by atoms with van der Waals surface area (Å²) >= 11 is 0. The summed E-state index contributed by atoms with van der Waals surface area (Å²) in [5.41, 5.74) is 9.14. The molecule has 0 saturated carbocycles. The smallest absolute Gasteiger partial charge is 0.191 e. The monoisotopic (exact) mass is 330 g/mol. The third-order valence-electron chi connectivity index (χ3n) is 5.18. The van der Waals surface area contributed by atoms with Gasteiger partial charge in [0.05, 0.1) is 19.3 Å². The van der Waals surface area contributed by atoms with Gasteiger partial charge >= 0.3 is 0 Å². The molecule has 0 spiro atoms. The van der Waals surface area contributed by atoms with Gasteiger partial charge in [-0.3, -0.25) is 9.89 Å². The van der Waals surface area contributed by atoms with Crippen LogP contribution in [0.5, 0.6) is 0 Å². The molecule has 24 heavy (non-hydrogen) atoms. The fourth-order valence-electron chi connectivity index (χ4n) is 3.51. The van der Waals surface area contributed by atoms with Crippen LogP contribution in [0.4, 0.5) is 0 Å². The van der Waals surface area contributed by atoms with E-state index in [1.54, 1.807) is 0 Å². The predicted octanol–water partition coefficient (Wildman–Crippen LogP) is 1.86. The molecule has 1 aromatic rings. The summed E-state index contributed by atoms with van der Waals surface area (Å²) in [4.78, 5) is 9.36. The topological polar surface area (TPSA) is 54.1 Å². The average molecular weight is 330 g/mol. The minimum atomic E-state index is -0.00391. The molecule has 0 aromatic heterocycles. The molecule has 0 amide bonds. The molecule has 2 heterocycles. The summed E-state index contributed by atoms with van der Waals surface area (Å²) in [6, 6.07) is 8.75. The molecule has 2 aliphatic heterocycles. The Hall–Kier alpha value is -1.59. The van der Waals surface area contributed by atoms with Crippen molar-refractivity contribution in [3.05, 3.63) is 35.4 Å². The highest BCUT2D eigenvalue weighted by Gasteiger charge is 2.30. The van der Waals surface area contributed by atoms with Gasteiger partial charge < -0.3 is 15.4 Å². The lowest BCUT2D eigenvalue weighted by atomic mass is 9.94. The lowest BCUT2D eigenvalue weighted by molar-refractivity contribution is 0.00516. The summed E-state index contributed by atoms with van der Waals surface area (Å²) in [6.45, 7) is 11.8. The molecule has 2 N–H and O–H groups in total. The van der Waals surface area contributed by atoms with Crippen LogP contribution in [0.3, 0.4) is 0 Å². The van der Waals surface area contributed by atoms with Crippen molar-refractivity contribution in [2.45, 2.75) is 45.4 Å². The van der Waals surface area contributed by atoms with E-state index in [0.717, 1.165) is 39.2 Å². The second-order valence-electron chi connectivity index (χ2n) is 7.55. The van der Waals surface area contributed by atoms with Gasteiger partial charge in [-0.25, -0.2) is 0 Å². The van der Waals surface area contributed by atoms with E-state index in [-0.39, 0.29) is 11.6 Å². The standard InChI is InChI=1S/C19H30N4O/c1-15-12-22(10-11-24-15)18(20)21-14-19(2,3)23-9-8-16-6-4-5-7-17(16)13-23/h4-7,15H,8-14H2,1-3H3,(H2,20,21). The van der Waals surface area contributed by atoms with Crippen LogP contribution in [0.2, 0.25) is 0 Å². The Bertz CT molecular complexity index is 599. The van der Waals surface area contributed by atoms with Gasteiger partial charge in [0.25, 0.3) is 0 Å². The Balaban J connectivity index is 1.62. The van der Waals surface area contributed by atoms with Crippen LogP contribution in [0, 0.1) is 0 Å². The molecule has 1 saturated heterocycles. The summed E-state index contributed by atoms with van der Waals surface area (Å²) in [5.74, 6) is 0.649. The van der Waals surface area contributed by atoms with Crippen molar-refractivity contribution < 1.29 is 4.74 Å². The number of morpholine rings is 1. The molecule has 5 nitrogen and oxygen atoms in total. The maximum atomic E-state index is 6.23. The van der Waals surface area contributed by atoms with Crippen LogP contribution in [-0.2, 0) is 17.7 Å². The normalized spacial score (nSPS) is 23.2. The van der Waals surface area contributed by atoms with Crippen molar-refractivity contribution in [1.82, 2.24) is 9.80 Å². The number of hydrogen-bond donors (Lipinski definition) is 1. The highest BCUT2D eigenvalue weighted by atomic mass is 16.5. The Morgan fingerprint density at radius 1 is 1.29 bits per heavy atom. The highest BCUT2D eigenvalue weighted by Crippen LogP contribution is 2.25. The number of hydrogen-bond acceptors (Lipinski definition) is 3. The summed E-state index contributed by atoms with van der Waals surface area (Å²) in [5, 5.41) is 0. The molecule has 1 unspecified atom stereocenters. The van der Waals surface area contributed by atoms with E-state index in [1.165, 1.54) is 11.1 Å². The van der Waals surface area contributed by atoms with Gasteiger partial charge in [-0.2, -0.15) is 0 Å².